The van der Waals surface area contributed by atoms with Gasteiger partial charge in [0.2, 0.25) is 0 Å². The van der Waals surface area contributed by atoms with Gasteiger partial charge in [-0.2, -0.15) is 0 Å². The summed E-state index contributed by atoms with van der Waals surface area (Å²) in [6, 6.07) is 11.1. The Labute approximate surface area is 124 Å². The van der Waals surface area contributed by atoms with Gasteiger partial charge in [0.15, 0.2) is 0 Å². The molecule has 0 spiro atoms. The van der Waals surface area contributed by atoms with Gasteiger partial charge in [-0.3, -0.25) is 4.79 Å². The molecule has 0 saturated carbocycles. The van der Waals surface area contributed by atoms with Crippen molar-refractivity contribution in [1.82, 2.24) is 4.57 Å². The third-order valence-corrected chi connectivity index (χ3v) is 3.43. The number of ether oxygens (including phenoxy) is 1. The minimum atomic E-state index is -1.16. The molecule has 2 rings (SSSR count). The highest BCUT2D eigenvalue weighted by Gasteiger charge is 2.22. The second-order valence-corrected chi connectivity index (χ2v) is 5.48. The summed E-state index contributed by atoms with van der Waals surface area (Å²) in [5.74, 6) is 0.742. The predicted octanol–water partition coefficient (Wildman–Crippen LogP) is 2.68. The maximum absolute atomic E-state index is 12.4. The minimum Gasteiger partial charge on any atom is -0.493 e. The van der Waals surface area contributed by atoms with Gasteiger partial charge in [-0.15, -0.1) is 0 Å². The van der Waals surface area contributed by atoms with E-state index in [9.17, 15) is 9.90 Å². The van der Waals surface area contributed by atoms with E-state index in [1.807, 2.05) is 37.3 Å². The van der Waals surface area contributed by atoms with Gasteiger partial charge >= 0.3 is 0 Å². The summed E-state index contributed by atoms with van der Waals surface area (Å²) >= 11 is 0. The Balaban J connectivity index is 2.62. The molecule has 0 aliphatic heterocycles. The zero-order valence-corrected chi connectivity index (χ0v) is 12.9. The molecule has 0 aliphatic carbocycles. The van der Waals surface area contributed by atoms with Crippen molar-refractivity contribution in [3.63, 3.8) is 0 Å². The molecule has 0 saturated heterocycles. The number of aliphatic hydroxyl groups is 1. The zero-order chi connectivity index (χ0) is 15.6. The van der Waals surface area contributed by atoms with Gasteiger partial charge in [-0.1, -0.05) is 12.1 Å². The molecule has 0 amide bonds. The van der Waals surface area contributed by atoms with E-state index in [0.717, 1.165) is 17.0 Å². The predicted molar refractivity (Wildman–Crippen MR) is 83.5 cm³/mol. The Morgan fingerprint density at radius 2 is 1.86 bits per heavy atom. The van der Waals surface area contributed by atoms with Crippen molar-refractivity contribution in [2.24, 2.45) is 7.05 Å². The van der Waals surface area contributed by atoms with Crippen LogP contribution in [0.4, 0.5) is 0 Å². The van der Waals surface area contributed by atoms with E-state index in [1.54, 1.807) is 31.5 Å². The number of rotatable bonds is 4. The maximum atomic E-state index is 12.4. The normalized spacial score (nSPS) is 11.5. The largest absolute Gasteiger partial charge is 0.493 e. The van der Waals surface area contributed by atoms with E-state index < -0.39 is 5.60 Å². The van der Waals surface area contributed by atoms with Crippen LogP contribution in [0.5, 0.6) is 5.75 Å². The molecule has 21 heavy (non-hydrogen) atoms. The van der Waals surface area contributed by atoms with Crippen LogP contribution < -0.4 is 10.3 Å². The molecular weight excluding hydrogens is 266 g/mol. The average Bonchev–Trinajstić information content (AvgIpc) is 2.42. The number of benzene rings is 1. The molecule has 2 aromatic rings. The van der Waals surface area contributed by atoms with Crippen LogP contribution in [0.15, 0.2) is 41.2 Å². The van der Waals surface area contributed by atoms with Crippen LogP contribution in [-0.2, 0) is 12.6 Å². The van der Waals surface area contributed by atoms with E-state index in [2.05, 4.69) is 0 Å². The molecule has 0 bridgehead atoms. The highest BCUT2D eigenvalue weighted by atomic mass is 16.5. The second kappa shape index (κ2) is 5.74. The molecule has 1 N–H and O–H groups in total. The minimum absolute atomic E-state index is 0.202. The van der Waals surface area contributed by atoms with E-state index in [0.29, 0.717) is 12.2 Å². The van der Waals surface area contributed by atoms with E-state index in [1.165, 1.54) is 0 Å². The monoisotopic (exact) mass is 287 g/mol. The molecule has 0 radical (unpaired) electrons. The third-order valence-electron chi connectivity index (χ3n) is 3.43. The van der Waals surface area contributed by atoms with Gasteiger partial charge in [0, 0.05) is 18.2 Å². The van der Waals surface area contributed by atoms with Crippen LogP contribution >= 0.6 is 0 Å². The molecule has 1 heterocycles. The number of hydrogen-bond acceptors (Lipinski definition) is 3. The van der Waals surface area contributed by atoms with Crippen LogP contribution in [0.25, 0.3) is 11.3 Å². The summed E-state index contributed by atoms with van der Waals surface area (Å²) in [6.45, 7) is 5.70. The van der Waals surface area contributed by atoms with Gasteiger partial charge in [0.05, 0.1) is 17.9 Å². The Bertz CT molecular complexity index is 696. The SMILES string of the molecule is CCOc1ccccc1-c1ccc(C(C)(C)O)c(=O)n1C. The van der Waals surface area contributed by atoms with E-state index in [-0.39, 0.29) is 5.56 Å². The Morgan fingerprint density at radius 1 is 1.19 bits per heavy atom. The first-order valence-electron chi connectivity index (χ1n) is 7.01. The molecule has 0 unspecified atom stereocenters. The lowest BCUT2D eigenvalue weighted by Gasteiger charge is -2.20. The lowest BCUT2D eigenvalue weighted by Crippen LogP contribution is -2.31. The van der Waals surface area contributed by atoms with Crippen molar-refractivity contribution in [2.75, 3.05) is 6.61 Å². The average molecular weight is 287 g/mol. The summed E-state index contributed by atoms with van der Waals surface area (Å²) < 4.78 is 7.17. The van der Waals surface area contributed by atoms with Crippen molar-refractivity contribution in [2.45, 2.75) is 26.4 Å². The summed E-state index contributed by atoms with van der Waals surface area (Å²) in [5.41, 5.74) is 0.638. The molecule has 0 fully saturated rings. The first-order valence-corrected chi connectivity index (χ1v) is 7.01. The first kappa shape index (κ1) is 15.3. The van der Waals surface area contributed by atoms with Gasteiger partial charge in [-0.25, -0.2) is 0 Å². The first-order chi connectivity index (χ1) is 9.86. The summed E-state index contributed by atoms with van der Waals surface area (Å²) in [4.78, 5) is 12.4. The van der Waals surface area contributed by atoms with Gasteiger partial charge in [0.25, 0.3) is 5.56 Å². The molecule has 0 aliphatic rings. The van der Waals surface area contributed by atoms with Crippen LogP contribution in [0.3, 0.4) is 0 Å². The lowest BCUT2D eigenvalue weighted by molar-refractivity contribution is 0.0766. The standard InChI is InChI=1S/C17H21NO3/c1-5-21-15-9-7-6-8-12(15)14-11-10-13(17(2,3)20)16(19)18(14)4/h6-11,20H,5H2,1-4H3. The quantitative estimate of drug-likeness (QED) is 0.940. The third kappa shape index (κ3) is 3.00. The van der Waals surface area contributed by atoms with Crippen molar-refractivity contribution in [3.05, 3.63) is 52.3 Å². The van der Waals surface area contributed by atoms with Crippen molar-refractivity contribution < 1.29 is 9.84 Å². The Hall–Kier alpha value is -2.07. The van der Waals surface area contributed by atoms with Crippen molar-refractivity contribution >= 4 is 0 Å². The summed E-state index contributed by atoms with van der Waals surface area (Å²) in [5, 5.41) is 10.1. The maximum Gasteiger partial charge on any atom is 0.256 e. The summed E-state index contributed by atoms with van der Waals surface area (Å²) in [6.07, 6.45) is 0. The fourth-order valence-electron chi connectivity index (χ4n) is 2.33. The van der Waals surface area contributed by atoms with Crippen LogP contribution in [-0.4, -0.2) is 16.3 Å². The van der Waals surface area contributed by atoms with Crippen LogP contribution in [0, 0.1) is 0 Å². The highest BCUT2D eigenvalue weighted by Crippen LogP contribution is 2.29. The topological polar surface area (TPSA) is 51.5 Å². The van der Waals surface area contributed by atoms with Crippen molar-refractivity contribution in [1.29, 1.82) is 0 Å². The summed E-state index contributed by atoms with van der Waals surface area (Å²) in [7, 11) is 1.70. The van der Waals surface area contributed by atoms with Gasteiger partial charge in [-0.05, 0) is 45.0 Å². The smallest absolute Gasteiger partial charge is 0.256 e. The second-order valence-electron chi connectivity index (χ2n) is 5.48. The number of pyridine rings is 1. The fourth-order valence-corrected chi connectivity index (χ4v) is 2.33. The molecule has 0 atom stereocenters. The Morgan fingerprint density at radius 3 is 2.48 bits per heavy atom. The number of hydrogen-bond donors (Lipinski definition) is 1. The van der Waals surface area contributed by atoms with Gasteiger partial charge in [0.1, 0.15) is 5.75 Å². The van der Waals surface area contributed by atoms with Gasteiger partial charge < -0.3 is 14.4 Å². The van der Waals surface area contributed by atoms with Crippen LogP contribution in [0.1, 0.15) is 26.3 Å². The zero-order valence-electron chi connectivity index (χ0n) is 12.9. The number of nitrogens with zero attached hydrogens (tertiary/aromatic N) is 1. The van der Waals surface area contributed by atoms with E-state index >= 15 is 0 Å². The number of para-hydroxylation sites is 1. The van der Waals surface area contributed by atoms with E-state index in [4.69, 9.17) is 4.74 Å². The number of aromatic nitrogens is 1. The molecule has 1 aromatic heterocycles. The lowest BCUT2D eigenvalue weighted by atomic mass is 9.98. The Kier molecular flexibility index (Phi) is 4.19. The molecule has 112 valence electrons. The fraction of sp³-hybridized carbons (Fsp3) is 0.353. The van der Waals surface area contributed by atoms with Crippen LogP contribution in [0.2, 0.25) is 0 Å². The highest BCUT2D eigenvalue weighted by molar-refractivity contribution is 5.67. The van der Waals surface area contributed by atoms with Crippen molar-refractivity contribution in [3.8, 4) is 17.0 Å². The molecule has 4 heteroatoms. The molecule has 4 nitrogen and oxygen atoms in total. The molecular formula is C17H21NO3. The molecule has 1 aromatic carbocycles.